The van der Waals surface area contributed by atoms with Crippen molar-refractivity contribution in [3.05, 3.63) is 65.7 Å². The van der Waals surface area contributed by atoms with Crippen molar-refractivity contribution in [1.82, 2.24) is 5.32 Å². The van der Waals surface area contributed by atoms with Gasteiger partial charge in [-0.25, -0.2) is 0 Å². The van der Waals surface area contributed by atoms with Crippen LogP contribution in [0.2, 0.25) is 0 Å². The molecule has 5 heteroatoms. The van der Waals surface area contributed by atoms with Crippen LogP contribution < -0.4 is 10.1 Å². The monoisotopic (exact) mass is 327 g/mol. The average Bonchev–Trinajstić information content (AvgIpc) is 2.91. The van der Waals surface area contributed by atoms with Crippen LogP contribution in [0.4, 0.5) is 0 Å². The van der Waals surface area contributed by atoms with E-state index in [4.69, 9.17) is 4.74 Å². The van der Waals surface area contributed by atoms with Crippen LogP contribution in [-0.2, 0) is 0 Å². The SMILES string of the molecule is COc1ccc(C(=O)N[C@H]2[C@H](O)[C@H](O)C[C@@H]2c2ccccc2)cc1. The van der Waals surface area contributed by atoms with Crippen LogP contribution in [0.3, 0.4) is 0 Å². The number of hydrogen-bond acceptors (Lipinski definition) is 4. The fourth-order valence-corrected chi connectivity index (χ4v) is 3.23. The van der Waals surface area contributed by atoms with Gasteiger partial charge < -0.3 is 20.3 Å². The van der Waals surface area contributed by atoms with Crippen molar-refractivity contribution in [1.29, 1.82) is 0 Å². The highest BCUT2D eigenvalue weighted by Gasteiger charge is 2.43. The van der Waals surface area contributed by atoms with Crippen LogP contribution in [0.25, 0.3) is 0 Å². The first-order valence-electron chi connectivity index (χ1n) is 7.96. The van der Waals surface area contributed by atoms with Gasteiger partial charge in [-0.15, -0.1) is 0 Å². The fraction of sp³-hybridized carbons (Fsp3) is 0.316. The number of hydrogen-bond donors (Lipinski definition) is 3. The van der Waals surface area contributed by atoms with Crippen LogP contribution in [0, 0.1) is 0 Å². The Hall–Kier alpha value is -2.37. The molecule has 1 fully saturated rings. The molecule has 0 spiro atoms. The van der Waals surface area contributed by atoms with Gasteiger partial charge in [-0.2, -0.15) is 0 Å². The molecule has 0 unspecified atom stereocenters. The number of nitrogens with one attached hydrogen (secondary N) is 1. The maximum absolute atomic E-state index is 12.5. The molecule has 0 heterocycles. The van der Waals surface area contributed by atoms with Gasteiger partial charge in [0.15, 0.2) is 0 Å². The van der Waals surface area contributed by atoms with Crippen LogP contribution in [-0.4, -0.2) is 41.5 Å². The topological polar surface area (TPSA) is 78.8 Å². The molecule has 3 N–H and O–H groups in total. The van der Waals surface area contributed by atoms with Crippen LogP contribution in [0.1, 0.15) is 28.3 Å². The summed E-state index contributed by atoms with van der Waals surface area (Å²) >= 11 is 0. The van der Waals surface area contributed by atoms with E-state index in [1.807, 2.05) is 30.3 Å². The zero-order valence-electron chi connectivity index (χ0n) is 13.4. The number of amides is 1. The van der Waals surface area contributed by atoms with E-state index < -0.39 is 18.2 Å². The average molecular weight is 327 g/mol. The highest BCUT2D eigenvalue weighted by molar-refractivity contribution is 5.94. The lowest BCUT2D eigenvalue weighted by molar-refractivity contribution is 0.0294. The molecule has 4 atom stereocenters. The minimum atomic E-state index is -0.989. The summed E-state index contributed by atoms with van der Waals surface area (Å²) in [7, 11) is 1.57. The number of ether oxygens (including phenoxy) is 1. The summed E-state index contributed by atoms with van der Waals surface area (Å²) < 4.78 is 5.08. The number of rotatable bonds is 4. The minimum Gasteiger partial charge on any atom is -0.497 e. The number of methoxy groups -OCH3 is 1. The molecule has 1 amide bonds. The Bertz CT molecular complexity index is 686. The maximum atomic E-state index is 12.5. The predicted octanol–water partition coefficient (Wildman–Crippen LogP) is 1.70. The largest absolute Gasteiger partial charge is 0.497 e. The first-order chi connectivity index (χ1) is 11.6. The van der Waals surface area contributed by atoms with Gasteiger partial charge in [-0.1, -0.05) is 30.3 Å². The second-order valence-corrected chi connectivity index (χ2v) is 6.04. The van der Waals surface area contributed by atoms with Crippen molar-refractivity contribution in [2.24, 2.45) is 0 Å². The molecule has 24 heavy (non-hydrogen) atoms. The third-order valence-corrected chi connectivity index (χ3v) is 4.57. The molecule has 0 aromatic heterocycles. The van der Waals surface area contributed by atoms with E-state index in [9.17, 15) is 15.0 Å². The molecular weight excluding hydrogens is 306 g/mol. The standard InChI is InChI=1S/C19H21NO4/c1-24-14-9-7-13(8-10-14)19(23)20-17-15(11-16(21)18(17)22)12-5-3-2-4-6-12/h2-10,15-18,21-22H,11H2,1H3,(H,20,23)/t15-,16-,17-,18-/m1/s1. The molecule has 1 aliphatic rings. The fourth-order valence-electron chi connectivity index (χ4n) is 3.23. The van der Waals surface area contributed by atoms with Crippen molar-refractivity contribution >= 4 is 5.91 Å². The second kappa shape index (κ2) is 7.03. The van der Waals surface area contributed by atoms with Crippen LogP contribution >= 0.6 is 0 Å². The van der Waals surface area contributed by atoms with Gasteiger partial charge in [-0.05, 0) is 36.2 Å². The zero-order valence-corrected chi connectivity index (χ0v) is 13.4. The summed E-state index contributed by atoms with van der Waals surface area (Å²) in [6.45, 7) is 0. The molecule has 1 aliphatic carbocycles. The number of carbonyl (C=O) groups is 1. The number of benzene rings is 2. The summed E-state index contributed by atoms with van der Waals surface area (Å²) in [6.07, 6.45) is -1.42. The van der Waals surface area contributed by atoms with E-state index in [1.165, 1.54) is 0 Å². The third-order valence-electron chi connectivity index (χ3n) is 4.57. The van der Waals surface area contributed by atoms with E-state index in [0.717, 1.165) is 5.56 Å². The van der Waals surface area contributed by atoms with Crippen molar-refractivity contribution < 1.29 is 19.7 Å². The molecule has 0 saturated heterocycles. The Morgan fingerprint density at radius 3 is 2.38 bits per heavy atom. The first kappa shape index (κ1) is 16.5. The minimum absolute atomic E-state index is 0.126. The lowest BCUT2D eigenvalue weighted by Crippen LogP contribution is -2.45. The summed E-state index contributed by atoms with van der Waals surface area (Å²) in [5.74, 6) is 0.264. The van der Waals surface area contributed by atoms with Gasteiger partial charge in [0.1, 0.15) is 11.9 Å². The van der Waals surface area contributed by atoms with Crippen molar-refractivity contribution in [2.45, 2.75) is 30.6 Å². The molecule has 3 rings (SSSR count). The Balaban J connectivity index is 1.78. The molecule has 0 aliphatic heterocycles. The molecule has 2 aromatic carbocycles. The van der Waals surface area contributed by atoms with Crippen molar-refractivity contribution in [2.75, 3.05) is 7.11 Å². The Morgan fingerprint density at radius 2 is 1.75 bits per heavy atom. The van der Waals surface area contributed by atoms with Crippen LogP contribution in [0.15, 0.2) is 54.6 Å². The Kier molecular flexibility index (Phi) is 4.83. The molecular formula is C19H21NO4. The molecule has 0 radical (unpaired) electrons. The Labute approximate surface area is 140 Å². The summed E-state index contributed by atoms with van der Waals surface area (Å²) in [6, 6.07) is 15.9. The third kappa shape index (κ3) is 3.27. The lowest BCUT2D eigenvalue weighted by Gasteiger charge is -2.24. The van der Waals surface area contributed by atoms with Crippen LogP contribution in [0.5, 0.6) is 5.75 Å². The normalized spacial score (nSPS) is 26.1. The van der Waals surface area contributed by atoms with Gasteiger partial charge in [-0.3, -0.25) is 4.79 Å². The number of aliphatic hydroxyl groups excluding tert-OH is 2. The van der Waals surface area contributed by atoms with E-state index in [0.29, 0.717) is 17.7 Å². The Morgan fingerprint density at radius 1 is 1.08 bits per heavy atom. The van der Waals surface area contributed by atoms with Gasteiger partial charge in [0.05, 0.1) is 19.3 Å². The molecule has 0 bridgehead atoms. The van der Waals surface area contributed by atoms with Gasteiger partial charge >= 0.3 is 0 Å². The second-order valence-electron chi connectivity index (χ2n) is 6.04. The van der Waals surface area contributed by atoms with E-state index >= 15 is 0 Å². The molecule has 1 saturated carbocycles. The summed E-state index contributed by atoms with van der Waals surface area (Å²) in [4.78, 5) is 12.5. The quantitative estimate of drug-likeness (QED) is 0.799. The molecule has 5 nitrogen and oxygen atoms in total. The molecule has 126 valence electrons. The number of carbonyl (C=O) groups excluding carboxylic acids is 1. The highest BCUT2D eigenvalue weighted by atomic mass is 16.5. The van der Waals surface area contributed by atoms with Crippen molar-refractivity contribution in [3.63, 3.8) is 0 Å². The van der Waals surface area contributed by atoms with E-state index in [2.05, 4.69) is 5.32 Å². The molecule has 2 aromatic rings. The van der Waals surface area contributed by atoms with Gasteiger partial charge in [0, 0.05) is 11.5 Å². The summed E-state index contributed by atoms with van der Waals surface area (Å²) in [5, 5.41) is 23.2. The maximum Gasteiger partial charge on any atom is 0.251 e. The van der Waals surface area contributed by atoms with E-state index in [-0.39, 0.29) is 11.8 Å². The highest BCUT2D eigenvalue weighted by Crippen LogP contribution is 2.35. The first-order valence-corrected chi connectivity index (χ1v) is 7.96. The van der Waals surface area contributed by atoms with Crippen molar-refractivity contribution in [3.8, 4) is 5.75 Å². The summed E-state index contributed by atoms with van der Waals surface area (Å²) in [5.41, 5.74) is 1.48. The zero-order chi connectivity index (χ0) is 17.1. The smallest absolute Gasteiger partial charge is 0.251 e. The predicted molar refractivity (Wildman–Crippen MR) is 90.1 cm³/mol. The lowest BCUT2D eigenvalue weighted by atomic mass is 9.93. The van der Waals surface area contributed by atoms with Gasteiger partial charge in [0.2, 0.25) is 0 Å². The van der Waals surface area contributed by atoms with E-state index in [1.54, 1.807) is 31.4 Å². The van der Waals surface area contributed by atoms with Gasteiger partial charge in [0.25, 0.3) is 5.91 Å². The number of aliphatic hydroxyl groups is 2.